The third-order valence-corrected chi connectivity index (χ3v) is 6.93. The maximum atomic E-state index is 12.4. The van der Waals surface area contributed by atoms with Crippen molar-refractivity contribution in [1.82, 2.24) is 0 Å². The van der Waals surface area contributed by atoms with Gasteiger partial charge in [0.15, 0.2) is 11.5 Å². The zero-order chi connectivity index (χ0) is 17.3. The molecule has 0 spiro atoms. The topological polar surface area (TPSA) is 66.8 Å². The lowest BCUT2D eigenvalue weighted by atomic mass is 9.50. The molecule has 0 saturated heterocycles. The lowest BCUT2D eigenvalue weighted by Gasteiger charge is -2.54. The number of esters is 1. The summed E-state index contributed by atoms with van der Waals surface area (Å²) in [6, 6.07) is 0. The molecule has 0 unspecified atom stereocenters. The van der Waals surface area contributed by atoms with E-state index in [-0.39, 0.29) is 34.9 Å². The molecule has 1 aromatic rings. The number of benzene rings is 1. The van der Waals surface area contributed by atoms with Crippen molar-refractivity contribution in [2.75, 3.05) is 6.61 Å². The van der Waals surface area contributed by atoms with E-state index < -0.39 is 0 Å². The SMILES string of the molecule is CC1(C)CCC[C@]2(C)c3c(O)c(O)c4c(c3CC[C@@H]12)C(=O)OCC4. The normalized spacial score (nSPS) is 30.8. The van der Waals surface area contributed by atoms with Gasteiger partial charge in [-0.05, 0) is 48.0 Å². The van der Waals surface area contributed by atoms with Crippen LogP contribution in [0.5, 0.6) is 11.5 Å². The van der Waals surface area contributed by atoms with Crippen LogP contribution in [0.1, 0.15) is 73.5 Å². The Kier molecular flexibility index (Phi) is 3.23. The number of aromatic hydroxyl groups is 2. The highest BCUT2D eigenvalue weighted by Crippen LogP contribution is 2.61. The second-order valence-electron chi connectivity index (χ2n) is 8.64. The number of carbonyl (C=O) groups is 1. The number of fused-ring (bicyclic) bond motifs is 5. The summed E-state index contributed by atoms with van der Waals surface area (Å²) in [6.07, 6.45) is 5.52. The van der Waals surface area contributed by atoms with Gasteiger partial charge in [0.25, 0.3) is 0 Å². The third kappa shape index (κ3) is 1.88. The van der Waals surface area contributed by atoms with Gasteiger partial charge in [-0.25, -0.2) is 4.79 Å². The summed E-state index contributed by atoms with van der Waals surface area (Å²) in [5, 5.41) is 21.5. The molecule has 24 heavy (non-hydrogen) atoms. The van der Waals surface area contributed by atoms with Gasteiger partial charge in [0.1, 0.15) is 0 Å². The average molecular weight is 330 g/mol. The highest BCUT2D eigenvalue weighted by molar-refractivity contribution is 5.96. The van der Waals surface area contributed by atoms with Crippen molar-refractivity contribution in [2.45, 2.75) is 64.7 Å². The van der Waals surface area contributed by atoms with Crippen LogP contribution in [-0.2, 0) is 23.0 Å². The van der Waals surface area contributed by atoms with Crippen molar-refractivity contribution in [3.05, 3.63) is 22.3 Å². The van der Waals surface area contributed by atoms with Crippen LogP contribution in [0, 0.1) is 11.3 Å². The summed E-state index contributed by atoms with van der Waals surface area (Å²) in [5.74, 6) is -0.0110. The standard InChI is InChI=1S/C20H26O4/c1-19(2)8-4-9-20(3)13(19)6-5-11-14-12(7-10-24-18(14)23)16(21)17(22)15(11)20/h13,21-22H,4-10H2,1-3H3/t13-,20-/m0/s1. The van der Waals surface area contributed by atoms with Crippen LogP contribution in [0.25, 0.3) is 0 Å². The molecule has 1 fully saturated rings. The van der Waals surface area contributed by atoms with E-state index >= 15 is 0 Å². The van der Waals surface area contributed by atoms with Gasteiger partial charge < -0.3 is 14.9 Å². The quantitative estimate of drug-likeness (QED) is 0.560. The molecule has 0 radical (unpaired) electrons. The first-order valence-corrected chi connectivity index (χ1v) is 9.04. The van der Waals surface area contributed by atoms with Crippen molar-refractivity contribution >= 4 is 5.97 Å². The molecule has 1 aliphatic heterocycles. The highest BCUT2D eigenvalue weighted by Gasteiger charge is 2.52. The maximum Gasteiger partial charge on any atom is 0.338 e. The highest BCUT2D eigenvalue weighted by atomic mass is 16.5. The molecule has 2 atom stereocenters. The smallest absolute Gasteiger partial charge is 0.338 e. The third-order valence-electron chi connectivity index (χ3n) is 6.93. The summed E-state index contributed by atoms with van der Waals surface area (Å²) in [7, 11) is 0. The van der Waals surface area contributed by atoms with Crippen LogP contribution in [0.3, 0.4) is 0 Å². The van der Waals surface area contributed by atoms with Crippen LogP contribution in [-0.4, -0.2) is 22.8 Å². The Labute approximate surface area is 142 Å². The van der Waals surface area contributed by atoms with E-state index in [2.05, 4.69) is 20.8 Å². The van der Waals surface area contributed by atoms with Gasteiger partial charge in [-0.15, -0.1) is 0 Å². The van der Waals surface area contributed by atoms with Gasteiger partial charge in [0, 0.05) is 17.5 Å². The fraction of sp³-hybridized carbons (Fsp3) is 0.650. The molecule has 1 aromatic carbocycles. The fourth-order valence-corrected chi connectivity index (χ4v) is 5.92. The Bertz CT molecular complexity index is 734. The van der Waals surface area contributed by atoms with Gasteiger partial charge in [-0.3, -0.25) is 0 Å². The van der Waals surface area contributed by atoms with Crippen molar-refractivity contribution in [2.24, 2.45) is 11.3 Å². The van der Waals surface area contributed by atoms with Gasteiger partial charge in [0.2, 0.25) is 0 Å². The number of hydrogen-bond acceptors (Lipinski definition) is 4. The first-order valence-electron chi connectivity index (χ1n) is 9.04. The monoisotopic (exact) mass is 330 g/mol. The van der Waals surface area contributed by atoms with Crippen LogP contribution in [0.2, 0.25) is 0 Å². The number of phenolic OH excluding ortho intramolecular Hbond substituents is 2. The summed E-state index contributed by atoms with van der Waals surface area (Å²) in [6.45, 7) is 7.09. The number of carbonyl (C=O) groups excluding carboxylic acids is 1. The number of cyclic esters (lactones) is 1. The number of rotatable bonds is 0. The van der Waals surface area contributed by atoms with Gasteiger partial charge >= 0.3 is 5.97 Å². The Hall–Kier alpha value is -1.71. The molecule has 3 aliphatic rings. The predicted molar refractivity (Wildman–Crippen MR) is 90.6 cm³/mol. The van der Waals surface area contributed by atoms with Crippen molar-refractivity contribution in [3.8, 4) is 11.5 Å². The molecular formula is C20H26O4. The molecule has 4 rings (SSSR count). The molecule has 1 heterocycles. The molecular weight excluding hydrogens is 304 g/mol. The molecule has 0 amide bonds. The zero-order valence-corrected chi connectivity index (χ0v) is 14.7. The van der Waals surface area contributed by atoms with Crippen LogP contribution < -0.4 is 0 Å². The van der Waals surface area contributed by atoms with E-state index in [0.29, 0.717) is 23.5 Å². The van der Waals surface area contributed by atoms with E-state index in [4.69, 9.17) is 4.74 Å². The first-order chi connectivity index (χ1) is 11.3. The second-order valence-corrected chi connectivity index (χ2v) is 8.64. The van der Waals surface area contributed by atoms with Crippen molar-refractivity contribution < 1.29 is 19.7 Å². The Balaban J connectivity index is 2.00. The molecule has 4 heteroatoms. The maximum absolute atomic E-state index is 12.4. The van der Waals surface area contributed by atoms with E-state index in [0.717, 1.165) is 36.8 Å². The van der Waals surface area contributed by atoms with Gasteiger partial charge in [0.05, 0.1) is 12.2 Å². The Morgan fingerprint density at radius 1 is 1.04 bits per heavy atom. The minimum absolute atomic E-state index is 0.00310. The van der Waals surface area contributed by atoms with Crippen molar-refractivity contribution in [3.63, 3.8) is 0 Å². The van der Waals surface area contributed by atoms with Gasteiger partial charge in [-0.2, -0.15) is 0 Å². The van der Waals surface area contributed by atoms with E-state index in [1.54, 1.807) is 0 Å². The Morgan fingerprint density at radius 3 is 2.54 bits per heavy atom. The lowest BCUT2D eigenvalue weighted by Crippen LogP contribution is -2.48. The lowest BCUT2D eigenvalue weighted by molar-refractivity contribution is 0.0368. The molecule has 2 aliphatic carbocycles. The fourth-order valence-electron chi connectivity index (χ4n) is 5.92. The first kappa shape index (κ1) is 15.8. The summed E-state index contributed by atoms with van der Waals surface area (Å²) >= 11 is 0. The minimum atomic E-state index is -0.347. The van der Waals surface area contributed by atoms with Gasteiger partial charge in [-0.1, -0.05) is 27.2 Å². The molecule has 4 nitrogen and oxygen atoms in total. The van der Waals surface area contributed by atoms with Crippen LogP contribution >= 0.6 is 0 Å². The van der Waals surface area contributed by atoms with Crippen LogP contribution in [0.4, 0.5) is 0 Å². The largest absolute Gasteiger partial charge is 0.504 e. The molecule has 0 bridgehead atoms. The second kappa shape index (κ2) is 4.90. The predicted octanol–water partition coefficient (Wildman–Crippen LogP) is 3.84. The van der Waals surface area contributed by atoms with Crippen molar-refractivity contribution in [1.29, 1.82) is 0 Å². The molecule has 1 saturated carbocycles. The zero-order valence-electron chi connectivity index (χ0n) is 14.7. The van der Waals surface area contributed by atoms with E-state index in [9.17, 15) is 15.0 Å². The molecule has 2 N–H and O–H groups in total. The van der Waals surface area contributed by atoms with E-state index in [1.807, 2.05) is 0 Å². The average Bonchev–Trinajstić information content (AvgIpc) is 2.51. The summed E-state index contributed by atoms with van der Waals surface area (Å²) < 4.78 is 5.24. The molecule has 0 aromatic heterocycles. The number of ether oxygens (including phenoxy) is 1. The number of hydrogen-bond donors (Lipinski definition) is 2. The molecule has 130 valence electrons. The Morgan fingerprint density at radius 2 is 1.79 bits per heavy atom. The summed E-state index contributed by atoms with van der Waals surface area (Å²) in [4.78, 5) is 12.4. The van der Waals surface area contributed by atoms with Crippen LogP contribution in [0.15, 0.2) is 0 Å². The summed E-state index contributed by atoms with van der Waals surface area (Å²) in [5.41, 5.74) is 2.81. The van der Waals surface area contributed by atoms with E-state index in [1.165, 1.54) is 6.42 Å². The number of phenols is 2. The minimum Gasteiger partial charge on any atom is -0.504 e.